The highest BCUT2D eigenvalue weighted by atomic mass is 35.5. The van der Waals surface area contributed by atoms with Crippen LogP contribution < -0.4 is 5.32 Å². The first kappa shape index (κ1) is 24.2. The third kappa shape index (κ3) is 5.68. The van der Waals surface area contributed by atoms with E-state index in [0.717, 1.165) is 11.1 Å². The van der Waals surface area contributed by atoms with Crippen LogP contribution >= 0.6 is 11.6 Å². The van der Waals surface area contributed by atoms with Crippen molar-refractivity contribution in [3.8, 4) is 0 Å². The SMILES string of the molecule is COC(=O)C(Cc1ccc(Cl)cc1)NC(=O)CC1(C)c2ccccc2CN1COC(C)C. The molecule has 1 N–H and O–H groups in total. The zero-order valence-electron chi connectivity index (χ0n) is 19.1. The number of carbonyl (C=O) groups excluding carboxylic acids is 2. The van der Waals surface area contributed by atoms with E-state index in [1.165, 1.54) is 12.7 Å². The molecule has 0 saturated heterocycles. The Bertz CT molecular complexity index is 947. The third-order valence-electron chi connectivity index (χ3n) is 5.90. The van der Waals surface area contributed by atoms with Crippen LogP contribution in [0.25, 0.3) is 0 Å². The van der Waals surface area contributed by atoms with E-state index in [-0.39, 0.29) is 18.4 Å². The number of nitrogens with one attached hydrogen (secondary N) is 1. The molecule has 0 radical (unpaired) electrons. The number of methoxy groups -OCH3 is 1. The largest absolute Gasteiger partial charge is 0.467 e. The fourth-order valence-corrected chi connectivity index (χ4v) is 4.24. The second kappa shape index (κ2) is 10.5. The number of esters is 1. The summed E-state index contributed by atoms with van der Waals surface area (Å²) in [5, 5.41) is 3.50. The van der Waals surface area contributed by atoms with Gasteiger partial charge in [-0.05, 0) is 49.6 Å². The Morgan fingerprint density at radius 2 is 1.84 bits per heavy atom. The topological polar surface area (TPSA) is 67.9 Å². The van der Waals surface area contributed by atoms with E-state index in [1.807, 2.05) is 38.1 Å². The molecular weight excluding hydrogens is 428 g/mol. The summed E-state index contributed by atoms with van der Waals surface area (Å²) in [6.45, 7) is 7.16. The molecule has 7 heteroatoms. The van der Waals surface area contributed by atoms with Gasteiger partial charge in [-0.25, -0.2) is 4.79 Å². The Balaban J connectivity index is 1.76. The first-order valence-corrected chi connectivity index (χ1v) is 11.2. The highest BCUT2D eigenvalue weighted by Crippen LogP contribution is 2.41. The quantitative estimate of drug-likeness (QED) is 0.574. The van der Waals surface area contributed by atoms with Crippen molar-refractivity contribution in [3.05, 3.63) is 70.2 Å². The van der Waals surface area contributed by atoms with Crippen LogP contribution in [0.5, 0.6) is 0 Å². The fraction of sp³-hybridized carbons (Fsp3) is 0.440. The fourth-order valence-electron chi connectivity index (χ4n) is 4.12. The van der Waals surface area contributed by atoms with Gasteiger partial charge in [-0.1, -0.05) is 48.0 Å². The lowest BCUT2D eigenvalue weighted by Crippen LogP contribution is -2.48. The highest BCUT2D eigenvalue weighted by Gasteiger charge is 2.43. The zero-order chi connectivity index (χ0) is 23.3. The van der Waals surface area contributed by atoms with Crippen molar-refractivity contribution in [3.63, 3.8) is 0 Å². The highest BCUT2D eigenvalue weighted by molar-refractivity contribution is 6.30. The molecule has 1 aliphatic rings. The number of nitrogens with zero attached hydrogens (tertiary/aromatic N) is 1. The average Bonchev–Trinajstić information content (AvgIpc) is 3.04. The number of carbonyl (C=O) groups is 2. The van der Waals surface area contributed by atoms with Gasteiger partial charge in [-0.3, -0.25) is 9.69 Å². The van der Waals surface area contributed by atoms with Crippen molar-refractivity contribution in [2.24, 2.45) is 0 Å². The van der Waals surface area contributed by atoms with Crippen LogP contribution in [0, 0.1) is 0 Å². The summed E-state index contributed by atoms with van der Waals surface area (Å²) >= 11 is 5.96. The summed E-state index contributed by atoms with van der Waals surface area (Å²) in [4.78, 5) is 27.7. The van der Waals surface area contributed by atoms with E-state index in [0.29, 0.717) is 24.7 Å². The first-order valence-electron chi connectivity index (χ1n) is 10.8. The molecule has 172 valence electrons. The standard InChI is InChI=1S/C25H31ClN2O4/c1-17(2)32-16-28-15-19-7-5-6-8-21(19)25(28,3)14-23(29)27-22(24(30)31-4)13-18-9-11-20(26)12-10-18/h5-12,17,22H,13-16H2,1-4H3,(H,27,29). The average molecular weight is 459 g/mol. The van der Waals surface area contributed by atoms with Crippen molar-refractivity contribution in [1.82, 2.24) is 10.2 Å². The molecule has 0 aromatic heterocycles. The molecule has 0 fully saturated rings. The number of fused-ring (bicyclic) bond motifs is 1. The predicted molar refractivity (Wildman–Crippen MR) is 124 cm³/mol. The smallest absolute Gasteiger partial charge is 0.328 e. The molecule has 2 aromatic carbocycles. The van der Waals surface area contributed by atoms with Gasteiger partial charge in [0.05, 0.1) is 18.8 Å². The Morgan fingerprint density at radius 3 is 2.50 bits per heavy atom. The zero-order valence-corrected chi connectivity index (χ0v) is 19.8. The van der Waals surface area contributed by atoms with Crippen molar-refractivity contribution < 1.29 is 19.1 Å². The van der Waals surface area contributed by atoms with Crippen LogP contribution in [0.15, 0.2) is 48.5 Å². The van der Waals surface area contributed by atoms with E-state index in [2.05, 4.69) is 29.3 Å². The molecule has 3 rings (SSSR count). The molecule has 0 saturated carbocycles. The van der Waals surface area contributed by atoms with E-state index < -0.39 is 17.6 Å². The van der Waals surface area contributed by atoms with Gasteiger partial charge in [0.2, 0.25) is 5.91 Å². The molecule has 2 unspecified atom stereocenters. The monoisotopic (exact) mass is 458 g/mol. The van der Waals surface area contributed by atoms with Crippen LogP contribution in [0.3, 0.4) is 0 Å². The second-order valence-corrected chi connectivity index (χ2v) is 9.06. The van der Waals surface area contributed by atoms with Crippen LogP contribution in [0.2, 0.25) is 5.02 Å². The minimum atomic E-state index is -0.783. The number of ether oxygens (including phenoxy) is 2. The van der Waals surface area contributed by atoms with E-state index in [9.17, 15) is 9.59 Å². The minimum Gasteiger partial charge on any atom is -0.467 e. The summed E-state index contributed by atoms with van der Waals surface area (Å²) in [5.41, 5.74) is 2.63. The number of halogens is 1. The summed E-state index contributed by atoms with van der Waals surface area (Å²) in [6, 6.07) is 14.5. The van der Waals surface area contributed by atoms with E-state index in [1.54, 1.807) is 12.1 Å². The molecule has 0 spiro atoms. The molecule has 6 nitrogen and oxygen atoms in total. The predicted octanol–water partition coefficient (Wildman–Crippen LogP) is 4.04. The van der Waals surface area contributed by atoms with Gasteiger partial charge >= 0.3 is 5.97 Å². The number of hydrogen-bond acceptors (Lipinski definition) is 5. The van der Waals surface area contributed by atoms with Crippen molar-refractivity contribution in [2.45, 2.75) is 57.8 Å². The van der Waals surface area contributed by atoms with Crippen LogP contribution in [-0.4, -0.2) is 42.8 Å². The molecule has 2 atom stereocenters. The van der Waals surface area contributed by atoms with Crippen molar-refractivity contribution in [2.75, 3.05) is 13.8 Å². The van der Waals surface area contributed by atoms with Crippen LogP contribution in [0.1, 0.15) is 43.9 Å². The minimum absolute atomic E-state index is 0.0832. The summed E-state index contributed by atoms with van der Waals surface area (Å²) < 4.78 is 10.8. The molecule has 0 bridgehead atoms. The van der Waals surface area contributed by atoms with Gasteiger partial charge in [-0.15, -0.1) is 0 Å². The van der Waals surface area contributed by atoms with Gasteiger partial charge < -0.3 is 14.8 Å². The molecule has 1 aliphatic heterocycles. The van der Waals surface area contributed by atoms with Gasteiger partial charge in [0.15, 0.2) is 0 Å². The van der Waals surface area contributed by atoms with Gasteiger partial charge in [0, 0.05) is 24.4 Å². The van der Waals surface area contributed by atoms with Crippen LogP contribution in [-0.2, 0) is 37.6 Å². The maximum absolute atomic E-state index is 13.2. The lowest BCUT2D eigenvalue weighted by Gasteiger charge is -2.36. The summed E-state index contributed by atoms with van der Waals surface area (Å²) in [5.74, 6) is -0.701. The lowest BCUT2D eigenvalue weighted by molar-refractivity contribution is -0.145. The Kier molecular flexibility index (Phi) is 7.93. The number of hydrogen-bond donors (Lipinski definition) is 1. The van der Waals surface area contributed by atoms with Gasteiger partial charge in [-0.2, -0.15) is 0 Å². The van der Waals surface area contributed by atoms with Crippen molar-refractivity contribution in [1.29, 1.82) is 0 Å². The van der Waals surface area contributed by atoms with E-state index in [4.69, 9.17) is 21.1 Å². The molecule has 32 heavy (non-hydrogen) atoms. The van der Waals surface area contributed by atoms with Gasteiger partial charge in [0.25, 0.3) is 0 Å². The first-order chi connectivity index (χ1) is 15.2. The second-order valence-electron chi connectivity index (χ2n) is 8.62. The van der Waals surface area contributed by atoms with E-state index >= 15 is 0 Å². The number of benzene rings is 2. The molecule has 0 aliphatic carbocycles. The lowest BCUT2D eigenvalue weighted by atomic mass is 9.88. The number of rotatable bonds is 9. The molecular formula is C25H31ClN2O4. The summed E-state index contributed by atoms with van der Waals surface area (Å²) in [7, 11) is 1.32. The molecule has 2 aromatic rings. The Hall–Kier alpha value is -2.41. The molecule has 1 heterocycles. The maximum atomic E-state index is 13.2. The van der Waals surface area contributed by atoms with Crippen molar-refractivity contribution >= 4 is 23.5 Å². The maximum Gasteiger partial charge on any atom is 0.328 e. The van der Waals surface area contributed by atoms with Gasteiger partial charge in [0.1, 0.15) is 12.8 Å². The third-order valence-corrected chi connectivity index (χ3v) is 6.15. The number of amides is 1. The van der Waals surface area contributed by atoms with Crippen LogP contribution in [0.4, 0.5) is 0 Å². The normalized spacial score (nSPS) is 18.9. The summed E-state index contributed by atoms with van der Waals surface area (Å²) in [6.07, 6.45) is 0.600. The Morgan fingerprint density at radius 1 is 1.16 bits per heavy atom. The Labute approximate surface area is 194 Å². The molecule has 1 amide bonds.